The zero-order chi connectivity index (χ0) is 18.3. The average Bonchev–Trinajstić information content (AvgIpc) is 3.26. The summed E-state index contributed by atoms with van der Waals surface area (Å²) in [5.74, 6) is 1.01. The number of aromatic nitrogens is 2. The Labute approximate surface area is 154 Å². The molecule has 0 aliphatic carbocycles. The van der Waals surface area contributed by atoms with Crippen molar-refractivity contribution in [2.24, 2.45) is 0 Å². The highest BCUT2D eigenvalue weighted by molar-refractivity contribution is 7.92. The van der Waals surface area contributed by atoms with Crippen molar-refractivity contribution in [2.75, 3.05) is 0 Å². The number of rotatable bonds is 4. The fourth-order valence-corrected chi connectivity index (χ4v) is 3.79. The van der Waals surface area contributed by atoms with Gasteiger partial charge in [-0.2, -0.15) is 0 Å². The molecule has 0 aliphatic rings. The second-order valence-corrected chi connectivity index (χ2v) is 8.37. The van der Waals surface area contributed by atoms with Crippen LogP contribution >= 0.6 is 0 Å². The van der Waals surface area contributed by atoms with Crippen molar-refractivity contribution in [3.05, 3.63) is 54.6 Å². The molecular weight excluding hydrogens is 348 g/mol. The normalized spacial score (nSPS) is 12.8. The summed E-state index contributed by atoms with van der Waals surface area (Å²) in [6.07, 6.45) is 1.74. The number of fused-ring (bicyclic) bond motifs is 1. The number of hydrogen-bond acceptors (Lipinski definition) is 5. The van der Waals surface area contributed by atoms with E-state index in [1.165, 1.54) is 0 Å². The van der Waals surface area contributed by atoms with E-state index in [1.54, 1.807) is 13.2 Å². The molecule has 0 amide bonds. The van der Waals surface area contributed by atoms with Gasteiger partial charge in [0.05, 0.1) is 6.26 Å². The molecule has 6 heteroatoms. The Bertz CT molecular complexity index is 1050. The van der Waals surface area contributed by atoms with Gasteiger partial charge in [0.2, 0.25) is 11.8 Å². The molecular formula is C20H18N2O3S. The smallest absolute Gasteiger partial charge is 0.247 e. The molecule has 0 bridgehead atoms. The maximum absolute atomic E-state index is 12.2. The summed E-state index contributed by atoms with van der Waals surface area (Å²) in [5, 5.41) is 9.02. The van der Waals surface area contributed by atoms with Gasteiger partial charge in [-0.25, -0.2) is 0 Å². The van der Waals surface area contributed by atoms with Crippen LogP contribution in [0.4, 0.5) is 0 Å². The third-order valence-electron chi connectivity index (χ3n) is 4.17. The molecule has 0 radical (unpaired) electrons. The van der Waals surface area contributed by atoms with Crippen molar-refractivity contribution in [1.29, 1.82) is 0 Å². The zero-order valence-corrected chi connectivity index (χ0v) is 15.5. The maximum Gasteiger partial charge on any atom is 0.247 e. The van der Waals surface area contributed by atoms with Gasteiger partial charge in [-0.15, -0.1) is 10.2 Å². The molecule has 4 aromatic rings. The van der Waals surface area contributed by atoms with E-state index in [0.29, 0.717) is 11.8 Å². The minimum Gasteiger partial charge on any atom is -0.611 e. The van der Waals surface area contributed by atoms with Crippen molar-refractivity contribution in [1.82, 2.24) is 10.2 Å². The molecule has 4 rings (SSSR count). The molecule has 2 heterocycles. The summed E-state index contributed by atoms with van der Waals surface area (Å²) in [6, 6.07) is 13.6. The van der Waals surface area contributed by atoms with Crippen LogP contribution in [0.15, 0.2) is 62.5 Å². The molecule has 1 atom stereocenters. The first-order valence-corrected chi connectivity index (χ1v) is 9.57. The first kappa shape index (κ1) is 16.9. The molecule has 0 fully saturated rings. The lowest BCUT2D eigenvalue weighted by Gasteiger charge is -2.14. The number of furan rings is 1. The Morgan fingerprint density at radius 1 is 1.00 bits per heavy atom. The minimum atomic E-state index is -0.995. The fraction of sp³-hybridized carbons (Fsp3) is 0.200. The van der Waals surface area contributed by atoms with Gasteiger partial charge in [-0.3, -0.25) is 0 Å². The van der Waals surface area contributed by atoms with Gasteiger partial charge in [0.15, 0.2) is 4.90 Å². The Morgan fingerprint density at radius 2 is 1.73 bits per heavy atom. The summed E-state index contributed by atoms with van der Waals surface area (Å²) < 4.78 is 23.4. The molecule has 0 N–H and O–H groups in total. The van der Waals surface area contributed by atoms with Gasteiger partial charge < -0.3 is 13.4 Å². The predicted octanol–water partition coefficient (Wildman–Crippen LogP) is 4.97. The van der Waals surface area contributed by atoms with Gasteiger partial charge in [0.1, 0.15) is 10.8 Å². The van der Waals surface area contributed by atoms with Gasteiger partial charge in [0.25, 0.3) is 0 Å². The number of hydrogen-bond donors (Lipinski definition) is 0. The van der Waals surface area contributed by atoms with Crippen molar-refractivity contribution in [3.8, 4) is 22.6 Å². The summed E-state index contributed by atoms with van der Waals surface area (Å²) >= 11 is -0.995. The van der Waals surface area contributed by atoms with Crippen LogP contribution in [-0.2, 0) is 11.2 Å². The van der Waals surface area contributed by atoms with E-state index in [4.69, 9.17) is 8.83 Å². The van der Waals surface area contributed by atoms with E-state index in [1.807, 2.05) is 56.3 Å². The van der Waals surface area contributed by atoms with Crippen LogP contribution in [-0.4, -0.2) is 20.0 Å². The Hall–Kier alpha value is -2.57. The van der Waals surface area contributed by atoms with Crippen LogP contribution in [0, 0.1) is 6.92 Å². The summed E-state index contributed by atoms with van der Waals surface area (Å²) in [7, 11) is 0. The van der Waals surface area contributed by atoms with Crippen LogP contribution in [0.25, 0.3) is 33.6 Å². The first-order chi connectivity index (χ1) is 12.5. The minimum absolute atomic E-state index is 0.0935. The van der Waals surface area contributed by atoms with E-state index in [-0.39, 0.29) is 5.25 Å². The van der Waals surface area contributed by atoms with E-state index in [0.717, 1.165) is 32.6 Å². The van der Waals surface area contributed by atoms with Gasteiger partial charge in [-0.05, 0) is 73.1 Å². The van der Waals surface area contributed by atoms with E-state index < -0.39 is 11.2 Å². The maximum atomic E-state index is 12.2. The first-order valence-electron chi connectivity index (χ1n) is 8.35. The van der Waals surface area contributed by atoms with Crippen LogP contribution < -0.4 is 0 Å². The molecule has 5 nitrogen and oxygen atoms in total. The van der Waals surface area contributed by atoms with Crippen molar-refractivity contribution in [3.63, 3.8) is 0 Å². The standard InChI is InChI=1S/C20H18N2O3S/c1-12(2)26(23)16-7-4-14(5-8-16)18-11-24-19-9-6-15(10-17(18)19)20-22-21-13(3)25-20/h4-12H,1-3H3. The summed E-state index contributed by atoms with van der Waals surface area (Å²) in [6.45, 7) is 5.67. The molecule has 0 saturated heterocycles. The zero-order valence-electron chi connectivity index (χ0n) is 14.7. The molecule has 26 heavy (non-hydrogen) atoms. The third kappa shape index (κ3) is 3.02. The van der Waals surface area contributed by atoms with Crippen LogP contribution in [0.1, 0.15) is 19.7 Å². The van der Waals surface area contributed by atoms with Crippen molar-refractivity contribution >= 4 is 22.1 Å². The van der Waals surface area contributed by atoms with E-state index in [2.05, 4.69) is 10.2 Å². The fourth-order valence-electron chi connectivity index (χ4n) is 2.84. The molecule has 2 aromatic heterocycles. The molecule has 2 aromatic carbocycles. The monoisotopic (exact) mass is 366 g/mol. The lowest BCUT2D eigenvalue weighted by molar-refractivity contribution is 0.533. The second kappa shape index (κ2) is 6.63. The SMILES string of the molecule is Cc1nnc(-c2ccc3occ(-c4ccc([S+]([O-])C(C)C)cc4)c3c2)o1. The second-order valence-electron chi connectivity index (χ2n) is 6.36. The Morgan fingerprint density at radius 3 is 2.38 bits per heavy atom. The topological polar surface area (TPSA) is 75.1 Å². The number of nitrogens with zero attached hydrogens (tertiary/aromatic N) is 2. The Kier molecular flexibility index (Phi) is 4.30. The van der Waals surface area contributed by atoms with Crippen molar-refractivity contribution in [2.45, 2.75) is 30.9 Å². The highest BCUT2D eigenvalue weighted by atomic mass is 32.2. The van der Waals surface area contributed by atoms with Gasteiger partial charge >= 0.3 is 0 Å². The molecule has 132 valence electrons. The van der Waals surface area contributed by atoms with Crippen LogP contribution in [0.3, 0.4) is 0 Å². The van der Waals surface area contributed by atoms with Gasteiger partial charge in [-0.1, -0.05) is 0 Å². The average molecular weight is 366 g/mol. The Balaban J connectivity index is 1.74. The summed E-state index contributed by atoms with van der Waals surface area (Å²) in [4.78, 5) is 0.832. The third-order valence-corrected chi connectivity index (χ3v) is 5.77. The van der Waals surface area contributed by atoms with Crippen LogP contribution in [0.5, 0.6) is 0 Å². The van der Waals surface area contributed by atoms with Gasteiger partial charge in [0, 0.05) is 23.4 Å². The molecule has 0 spiro atoms. The van der Waals surface area contributed by atoms with E-state index >= 15 is 0 Å². The number of aryl methyl sites for hydroxylation is 1. The molecule has 0 saturated carbocycles. The largest absolute Gasteiger partial charge is 0.611 e. The van der Waals surface area contributed by atoms with Crippen LogP contribution in [0.2, 0.25) is 0 Å². The quantitative estimate of drug-likeness (QED) is 0.476. The highest BCUT2D eigenvalue weighted by Crippen LogP contribution is 2.34. The predicted molar refractivity (Wildman–Crippen MR) is 101 cm³/mol. The number of benzene rings is 2. The lowest BCUT2D eigenvalue weighted by Crippen LogP contribution is -2.13. The van der Waals surface area contributed by atoms with E-state index in [9.17, 15) is 4.55 Å². The molecule has 1 unspecified atom stereocenters. The highest BCUT2D eigenvalue weighted by Gasteiger charge is 2.16. The molecule has 0 aliphatic heterocycles. The summed E-state index contributed by atoms with van der Waals surface area (Å²) in [5.41, 5.74) is 3.61. The van der Waals surface area contributed by atoms with Crippen molar-refractivity contribution < 1.29 is 13.4 Å². The lowest BCUT2D eigenvalue weighted by atomic mass is 10.0.